The first-order valence-corrected chi connectivity index (χ1v) is 8.24. The number of ether oxygens (including phenoxy) is 2. The van der Waals surface area contributed by atoms with Gasteiger partial charge in [-0.05, 0) is 48.3 Å². The maximum Gasteiger partial charge on any atom is 0.161 e. The second-order valence-corrected chi connectivity index (χ2v) is 7.37. The molecule has 0 radical (unpaired) electrons. The third kappa shape index (κ3) is 2.75. The summed E-state index contributed by atoms with van der Waals surface area (Å²) in [6, 6.07) is 6.08. The summed E-state index contributed by atoms with van der Waals surface area (Å²) < 4.78 is 11.3. The number of rotatable bonds is 6. The lowest BCUT2D eigenvalue weighted by Crippen LogP contribution is -2.03. The molecule has 3 heteroatoms. The molecule has 1 unspecified atom stereocenters. The summed E-state index contributed by atoms with van der Waals surface area (Å²) in [6.07, 6.45) is 0. The molecule has 0 amide bonds. The zero-order valence-electron chi connectivity index (χ0n) is 14.0. The van der Waals surface area contributed by atoms with E-state index in [-0.39, 0.29) is 16.2 Å². The van der Waals surface area contributed by atoms with Gasteiger partial charge >= 0.3 is 0 Å². The zero-order valence-corrected chi connectivity index (χ0v) is 14.8. The molecular weight excluding hydrogens is 284 g/mol. The average molecular weight is 311 g/mol. The van der Waals surface area contributed by atoms with Gasteiger partial charge in [-0.25, -0.2) is 0 Å². The molecule has 1 aromatic carbocycles. The van der Waals surface area contributed by atoms with Crippen LogP contribution < -0.4 is 9.47 Å². The molecule has 1 saturated carbocycles. The maximum absolute atomic E-state index is 6.78. The topological polar surface area (TPSA) is 18.5 Å². The molecule has 0 aliphatic heterocycles. The highest BCUT2D eigenvalue weighted by Gasteiger charge is 2.67. The monoisotopic (exact) mass is 310 g/mol. The van der Waals surface area contributed by atoms with Gasteiger partial charge in [-0.15, -0.1) is 11.6 Å². The summed E-state index contributed by atoms with van der Waals surface area (Å²) in [5.74, 6) is 2.05. The highest BCUT2D eigenvalue weighted by Crippen LogP contribution is 2.73. The van der Waals surface area contributed by atoms with E-state index < -0.39 is 0 Å². The summed E-state index contributed by atoms with van der Waals surface area (Å²) in [6.45, 7) is 14.4. The van der Waals surface area contributed by atoms with E-state index in [0.717, 1.165) is 17.1 Å². The Morgan fingerprint density at radius 2 is 1.52 bits per heavy atom. The van der Waals surface area contributed by atoms with E-state index in [2.05, 4.69) is 33.8 Å². The van der Waals surface area contributed by atoms with E-state index in [9.17, 15) is 0 Å². The molecule has 0 aromatic heterocycles. The second kappa shape index (κ2) is 5.72. The van der Waals surface area contributed by atoms with Gasteiger partial charge in [-0.3, -0.25) is 0 Å². The Morgan fingerprint density at radius 1 is 1.00 bits per heavy atom. The van der Waals surface area contributed by atoms with Crippen LogP contribution in [-0.2, 0) is 0 Å². The van der Waals surface area contributed by atoms with E-state index in [0.29, 0.717) is 19.1 Å². The third-order valence-electron chi connectivity index (χ3n) is 5.31. The molecule has 118 valence electrons. The van der Waals surface area contributed by atoms with Crippen LogP contribution in [0.5, 0.6) is 11.5 Å². The van der Waals surface area contributed by atoms with Gasteiger partial charge in [-0.1, -0.05) is 33.8 Å². The Hall–Kier alpha value is -0.890. The van der Waals surface area contributed by atoms with Gasteiger partial charge in [0, 0.05) is 0 Å². The van der Waals surface area contributed by atoms with Crippen molar-refractivity contribution >= 4 is 11.6 Å². The van der Waals surface area contributed by atoms with Gasteiger partial charge in [0.1, 0.15) is 0 Å². The quantitative estimate of drug-likeness (QED) is 0.651. The fourth-order valence-corrected chi connectivity index (χ4v) is 4.18. The van der Waals surface area contributed by atoms with Gasteiger partial charge in [0.25, 0.3) is 0 Å². The first-order chi connectivity index (χ1) is 9.77. The number of hydrogen-bond acceptors (Lipinski definition) is 2. The number of hydrogen-bond donors (Lipinski definition) is 0. The lowest BCUT2D eigenvalue weighted by Gasteiger charge is -2.16. The molecule has 0 spiro atoms. The van der Waals surface area contributed by atoms with Gasteiger partial charge < -0.3 is 9.47 Å². The molecule has 2 rings (SSSR count). The molecule has 0 heterocycles. The number of halogens is 1. The molecule has 1 fully saturated rings. The van der Waals surface area contributed by atoms with E-state index >= 15 is 0 Å². The van der Waals surface area contributed by atoms with Crippen molar-refractivity contribution in [2.45, 2.75) is 46.9 Å². The first kappa shape index (κ1) is 16.5. The molecule has 21 heavy (non-hydrogen) atoms. The summed E-state index contributed by atoms with van der Waals surface area (Å²) in [5, 5.41) is 0.00452. The van der Waals surface area contributed by atoms with Gasteiger partial charge in [0.05, 0.1) is 18.6 Å². The summed E-state index contributed by atoms with van der Waals surface area (Å²) in [4.78, 5) is 0. The van der Waals surface area contributed by atoms with Crippen LogP contribution in [0.3, 0.4) is 0 Å². The van der Waals surface area contributed by atoms with E-state index in [4.69, 9.17) is 21.1 Å². The maximum atomic E-state index is 6.78. The van der Waals surface area contributed by atoms with Gasteiger partial charge in [0.2, 0.25) is 0 Å². The van der Waals surface area contributed by atoms with Crippen molar-refractivity contribution in [3.8, 4) is 11.5 Å². The smallest absolute Gasteiger partial charge is 0.161 e. The lowest BCUT2D eigenvalue weighted by atomic mass is 10.0. The van der Waals surface area contributed by atoms with Crippen LogP contribution in [0.25, 0.3) is 0 Å². The third-order valence-corrected chi connectivity index (χ3v) is 5.81. The normalized spacial score (nSPS) is 20.9. The van der Waals surface area contributed by atoms with Crippen LogP contribution in [0, 0.1) is 16.7 Å². The Labute approximate surface area is 133 Å². The van der Waals surface area contributed by atoms with Gasteiger partial charge in [0.15, 0.2) is 11.5 Å². The standard InChI is InChI=1S/C18H27ClO2/c1-7-20-13-10-9-12(11-14(13)21-8-2)15(19)16-17(3,4)18(16,5)6/h9-11,15-16H,7-8H2,1-6H3. The van der Waals surface area contributed by atoms with E-state index in [1.807, 2.05) is 26.0 Å². The molecule has 0 N–H and O–H groups in total. The van der Waals surface area contributed by atoms with Crippen molar-refractivity contribution in [3.05, 3.63) is 23.8 Å². The van der Waals surface area contributed by atoms with E-state index in [1.54, 1.807) is 0 Å². The highest BCUT2D eigenvalue weighted by atomic mass is 35.5. The number of benzene rings is 1. The van der Waals surface area contributed by atoms with Crippen LogP contribution in [-0.4, -0.2) is 13.2 Å². The minimum atomic E-state index is 0.00452. The fraction of sp³-hybridized carbons (Fsp3) is 0.667. The highest BCUT2D eigenvalue weighted by molar-refractivity contribution is 6.21. The largest absolute Gasteiger partial charge is 0.490 e. The Morgan fingerprint density at radius 3 is 2.00 bits per heavy atom. The first-order valence-electron chi connectivity index (χ1n) is 7.81. The van der Waals surface area contributed by atoms with Crippen molar-refractivity contribution in [1.29, 1.82) is 0 Å². The van der Waals surface area contributed by atoms with E-state index in [1.165, 1.54) is 0 Å². The van der Waals surface area contributed by atoms with Crippen molar-refractivity contribution in [1.82, 2.24) is 0 Å². The summed E-state index contributed by atoms with van der Waals surface area (Å²) >= 11 is 6.78. The molecule has 1 aromatic rings. The van der Waals surface area contributed by atoms with Crippen LogP contribution in [0.2, 0.25) is 0 Å². The SMILES string of the molecule is CCOc1ccc(C(Cl)C2C(C)(C)C2(C)C)cc1OCC. The minimum Gasteiger partial charge on any atom is -0.490 e. The molecule has 0 bridgehead atoms. The lowest BCUT2D eigenvalue weighted by molar-refractivity contribution is 0.287. The average Bonchev–Trinajstić information content (AvgIpc) is 2.81. The summed E-state index contributed by atoms with van der Waals surface area (Å²) in [5.41, 5.74) is 1.65. The van der Waals surface area contributed by atoms with Crippen molar-refractivity contribution in [2.75, 3.05) is 13.2 Å². The zero-order chi connectivity index (χ0) is 15.8. The molecular formula is C18H27ClO2. The van der Waals surface area contributed by atoms with Crippen LogP contribution in [0.1, 0.15) is 52.5 Å². The Kier molecular flexibility index (Phi) is 4.49. The Balaban J connectivity index is 2.27. The van der Waals surface area contributed by atoms with Crippen molar-refractivity contribution < 1.29 is 9.47 Å². The fourth-order valence-electron chi connectivity index (χ4n) is 3.41. The molecule has 1 aliphatic rings. The molecule has 1 aliphatic carbocycles. The predicted octanol–water partition coefficient (Wildman–Crippen LogP) is 5.45. The molecule has 2 nitrogen and oxygen atoms in total. The minimum absolute atomic E-state index is 0.00452. The van der Waals surface area contributed by atoms with Crippen LogP contribution >= 0.6 is 11.6 Å². The van der Waals surface area contributed by atoms with Crippen molar-refractivity contribution in [3.63, 3.8) is 0 Å². The predicted molar refractivity (Wildman–Crippen MR) is 88.4 cm³/mol. The van der Waals surface area contributed by atoms with Crippen LogP contribution in [0.15, 0.2) is 18.2 Å². The van der Waals surface area contributed by atoms with Crippen molar-refractivity contribution in [2.24, 2.45) is 16.7 Å². The van der Waals surface area contributed by atoms with Crippen LogP contribution in [0.4, 0.5) is 0 Å². The Bertz CT molecular complexity index is 494. The van der Waals surface area contributed by atoms with Gasteiger partial charge in [-0.2, -0.15) is 0 Å². The molecule has 1 atom stereocenters. The summed E-state index contributed by atoms with van der Waals surface area (Å²) in [7, 11) is 0. The second-order valence-electron chi connectivity index (χ2n) is 6.90. The number of alkyl halides is 1. The molecule has 0 saturated heterocycles.